The first-order valence-corrected chi connectivity index (χ1v) is 9.65. The van der Waals surface area contributed by atoms with Crippen LogP contribution >= 0.6 is 0 Å². The summed E-state index contributed by atoms with van der Waals surface area (Å²) in [5.74, 6) is -0.158. The summed E-state index contributed by atoms with van der Waals surface area (Å²) in [4.78, 5) is 13.1. The highest BCUT2D eigenvalue weighted by Crippen LogP contribution is 2.25. The Kier molecular flexibility index (Phi) is 5.25. The van der Waals surface area contributed by atoms with Crippen LogP contribution in [0, 0.1) is 13.8 Å². The van der Waals surface area contributed by atoms with Gasteiger partial charge in [-0.05, 0) is 31.0 Å². The molecule has 0 saturated heterocycles. The SMILES string of the molecule is Cc1ccc(-c2nn(Cc3ccccc3)cc2C(=O)Nc2ccccc2C)cc1. The number of para-hydroxylation sites is 1. The molecule has 0 bridgehead atoms. The van der Waals surface area contributed by atoms with Gasteiger partial charge in [-0.1, -0.05) is 78.4 Å². The van der Waals surface area contributed by atoms with Crippen LogP contribution in [0.4, 0.5) is 5.69 Å². The van der Waals surface area contributed by atoms with E-state index in [4.69, 9.17) is 5.10 Å². The van der Waals surface area contributed by atoms with Crippen LogP contribution < -0.4 is 5.32 Å². The van der Waals surface area contributed by atoms with Crippen LogP contribution in [0.25, 0.3) is 11.3 Å². The smallest absolute Gasteiger partial charge is 0.259 e. The van der Waals surface area contributed by atoms with E-state index in [0.29, 0.717) is 17.8 Å². The van der Waals surface area contributed by atoms with Crippen molar-refractivity contribution in [2.75, 3.05) is 5.32 Å². The summed E-state index contributed by atoms with van der Waals surface area (Å²) in [5.41, 5.74) is 6.31. The lowest BCUT2D eigenvalue weighted by Gasteiger charge is -2.08. The van der Waals surface area contributed by atoms with Crippen LogP contribution in [0.2, 0.25) is 0 Å². The van der Waals surface area contributed by atoms with Crippen LogP contribution in [0.1, 0.15) is 27.0 Å². The van der Waals surface area contributed by atoms with Gasteiger partial charge in [0.15, 0.2) is 0 Å². The van der Waals surface area contributed by atoms with E-state index in [0.717, 1.165) is 22.4 Å². The second kappa shape index (κ2) is 8.15. The molecule has 3 aromatic carbocycles. The summed E-state index contributed by atoms with van der Waals surface area (Å²) in [6.45, 7) is 4.64. The van der Waals surface area contributed by atoms with Crippen molar-refractivity contribution in [3.8, 4) is 11.3 Å². The van der Waals surface area contributed by atoms with Gasteiger partial charge in [0.05, 0.1) is 12.1 Å². The van der Waals surface area contributed by atoms with Gasteiger partial charge in [-0.25, -0.2) is 0 Å². The van der Waals surface area contributed by atoms with Crippen LogP contribution in [-0.2, 0) is 6.54 Å². The number of aryl methyl sites for hydroxylation is 2. The maximum absolute atomic E-state index is 13.1. The summed E-state index contributed by atoms with van der Waals surface area (Å²) in [6.07, 6.45) is 1.83. The Hall–Kier alpha value is -3.66. The number of benzene rings is 3. The largest absolute Gasteiger partial charge is 0.322 e. The fourth-order valence-corrected chi connectivity index (χ4v) is 3.27. The number of anilines is 1. The highest BCUT2D eigenvalue weighted by atomic mass is 16.1. The lowest BCUT2D eigenvalue weighted by Crippen LogP contribution is -2.13. The van der Waals surface area contributed by atoms with Crippen molar-refractivity contribution in [1.82, 2.24) is 9.78 Å². The van der Waals surface area contributed by atoms with Gasteiger partial charge < -0.3 is 5.32 Å². The quantitative estimate of drug-likeness (QED) is 0.498. The van der Waals surface area contributed by atoms with Crippen LogP contribution in [-0.4, -0.2) is 15.7 Å². The molecule has 1 heterocycles. The zero-order valence-electron chi connectivity index (χ0n) is 16.6. The molecule has 1 amide bonds. The van der Waals surface area contributed by atoms with E-state index >= 15 is 0 Å². The molecule has 29 heavy (non-hydrogen) atoms. The molecule has 0 spiro atoms. The summed E-state index contributed by atoms with van der Waals surface area (Å²) in [5, 5.41) is 7.78. The van der Waals surface area contributed by atoms with E-state index in [1.165, 1.54) is 5.56 Å². The third kappa shape index (κ3) is 4.27. The zero-order chi connectivity index (χ0) is 20.2. The average molecular weight is 381 g/mol. The van der Waals surface area contributed by atoms with Crippen molar-refractivity contribution in [2.45, 2.75) is 20.4 Å². The van der Waals surface area contributed by atoms with Gasteiger partial charge in [-0.15, -0.1) is 0 Å². The fourth-order valence-electron chi connectivity index (χ4n) is 3.27. The Balaban J connectivity index is 1.71. The molecule has 0 unspecified atom stereocenters. The van der Waals surface area contributed by atoms with Gasteiger partial charge in [0, 0.05) is 17.4 Å². The van der Waals surface area contributed by atoms with E-state index in [2.05, 4.69) is 17.4 Å². The summed E-state index contributed by atoms with van der Waals surface area (Å²) >= 11 is 0. The molecule has 0 aliphatic heterocycles. The summed E-state index contributed by atoms with van der Waals surface area (Å²) in [6, 6.07) is 26.0. The zero-order valence-corrected chi connectivity index (χ0v) is 16.6. The third-order valence-electron chi connectivity index (χ3n) is 4.91. The first kappa shape index (κ1) is 18.7. The number of nitrogens with one attached hydrogen (secondary N) is 1. The first-order valence-electron chi connectivity index (χ1n) is 9.65. The molecule has 1 N–H and O–H groups in total. The van der Waals surface area contributed by atoms with Crippen molar-refractivity contribution in [3.63, 3.8) is 0 Å². The Morgan fingerprint density at radius 2 is 1.59 bits per heavy atom. The number of carbonyl (C=O) groups excluding carboxylic acids is 1. The van der Waals surface area contributed by atoms with Crippen molar-refractivity contribution in [2.24, 2.45) is 0 Å². The highest BCUT2D eigenvalue weighted by molar-refractivity contribution is 6.08. The molecule has 1 aromatic heterocycles. The number of nitrogens with zero attached hydrogens (tertiary/aromatic N) is 2. The molecule has 0 atom stereocenters. The fraction of sp³-hybridized carbons (Fsp3) is 0.120. The number of amides is 1. The van der Waals surface area contributed by atoms with E-state index in [9.17, 15) is 4.79 Å². The molecule has 0 fully saturated rings. The Morgan fingerprint density at radius 3 is 2.31 bits per heavy atom. The number of hydrogen-bond acceptors (Lipinski definition) is 2. The van der Waals surface area contributed by atoms with Gasteiger partial charge in [0.25, 0.3) is 5.91 Å². The predicted molar refractivity (Wildman–Crippen MR) is 117 cm³/mol. The van der Waals surface area contributed by atoms with Gasteiger partial charge in [-0.3, -0.25) is 9.48 Å². The van der Waals surface area contributed by atoms with E-state index in [-0.39, 0.29) is 5.91 Å². The van der Waals surface area contributed by atoms with Gasteiger partial charge in [0.1, 0.15) is 5.69 Å². The molecule has 0 aliphatic carbocycles. The molecular formula is C25H23N3O. The second-order valence-electron chi connectivity index (χ2n) is 7.21. The normalized spacial score (nSPS) is 10.7. The topological polar surface area (TPSA) is 46.9 Å². The lowest BCUT2D eigenvalue weighted by atomic mass is 10.1. The van der Waals surface area contributed by atoms with Crippen molar-refractivity contribution < 1.29 is 4.79 Å². The second-order valence-corrected chi connectivity index (χ2v) is 7.21. The average Bonchev–Trinajstić information content (AvgIpc) is 3.15. The van der Waals surface area contributed by atoms with Crippen LogP contribution in [0.15, 0.2) is 85.1 Å². The standard InChI is InChI=1S/C25H23N3O/c1-18-12-14-21(15-13-18)24-22(25(29)26-23-11-7-6-8-19(23)2)17-28(27-24)16-20-9-4-3-5-10-20/h3-15,17H,16H2,1-2H3,(H,26,29). The molecule has 0 saturated carbocycles. The van der Waals surface area contributed by atoms with E-state index in [1.54, 1.807) is 0 Å². The molecule has 4 aromatic rings. The van der Waals surface area contributed by atoms with Crippen LogP contribution in [0.3, 0.4) is 0 Å². The molecule has 144 valence electrons. The minimum Gasteiger partial charge on any atom is -0.322 e. The minimum absolute atomic E-state index is 0.158. The van der Waals surface area contributed by atoms with Crippen molar-refractivity contribution in [3.05, 3.63) is 107 Å². The molecule has 4 heteroatoms. The van der Waals surface area contributed by atoms with Gasteiger partial charge >= 0.3 is 0 Å². The Morgan fingerprint density at radius 1 is 0.897 bits per heavy atom. The number of rotatable bonds is 5. The minimum atomic E-state index is -0.158. The first-order chi connectivity index (χ1) is 14.1. The van der Waals surface area contributed by atoms with E-state index in [1.807, 2.05) is 91.5 Å². The van der Waals surface area contributed by atoms with E-state index < -0.39 is 0 Å². The van der Waals surface area contributed by atoms with Crippen molar-refractivity contribution in [1.29, 1.82) is 0 Å². The van der Waals surface area contributed by atoms with Gasteiger partial charge in [-0.2, -0.15) is 5.10 Å². The van der Waals surface area contributed by atoms with Gasteiger partial charge in [0.2, 0.25) is 0 Å². The summed E-state index contributed by atoms with van der Waals surface area (Å²) in [7, 11) is 0. The maximum atomic E-state index is 13.1. The maximum Gasteiger partial charge on any atom is 0.259 e. The number of aromatic nitrogens is 2. The highest BCUT2D eigenvalue weighted by Gasteiger charge is 2.19. The number of hydrogen-bond donors (Lipinski definition) is 1. The number of carbonyl (C=O) groups is 1. The lowest BCUT2D eigenvalue weighted by molar-refractivity contribution is 0.102. The Labute approximate surface area is 170 Å². The van der Waals surface area contributed by atoms with Crippen molar-refractivity contribution >= 4 is 11.6 Å². The van der Waals surface area contributed by atoms with Crippen LogP contribution in [0.5, 0.6) is 0 Å². The summed E-state index contributed by atoms with van der Waals surface area (Å²) < 4.78 is 1.83. The molecule has 4 nitrogen and oxygen atoms in total. The Bertz CT molecular complexity index is 1130. The third-order valence-corrected chi connectivity index (χ3v) is 4.91. The molecular weight excluding hydrogens is 358 g/mol. The molecule has 0 radical (unpaired) electrons. The molecule has 0 aliphatic rings. The predicted octanol–water partition coefficient (Wildman–Crippen LogP) is 5.47. The monoisotopic (exact) mass is 381 g/mol. The molecule has 4 rings (SSSR count).